The van der Waals surface area contributed by atoms with E-state index in [9.17, 15) is 5.11 Å². The van der Waals surface area contributed by atoms with E-state index in [-0.39, 0.29) is 29.7 Å². The predicted molar refractivity (Wildman–Crippen MR) is 246 cm³/mol. The monoisotopic (exact) mass is 796 g/mol. The Balaban J connectivity index is 0.000000325. The molecule has 8 aromatic rings. The standard InChI is InChI=1S/C33H31NO.C6H7P.2C6H6.CH3.Ni/c1-21(2)26-16-10-17-27(22(3)4)32(26)34-20-25-13-9-18-30(33(25)35)31-28-14-7-5-11-23(28)19-24-12-6-8-15-29(24)31;7-6-4-2-1-3-5-6;2*1-2-4-6-5-3-1;;/h5-22,35H,1-4H3;1-5H,7H2;2*1-6H;1H3;/q;;;;-1;. The summed E-state index contributed by atoms with van der Waals surface area (Å²) in [5, 5.41) is 17.3. The summed E-state index contributed by atoms with van der Waals surface area (Å²) in [5.41, 5.74) is 6.05. The minimum absolute atomic E-state index is 0. The van der Waals surface area contributed by atoms with Gasteiger partial charge in [-0.25, -0.2) is 0 Å². The molecule has 0 saturated heterocycles. The second-order valence-corrected chi connectivity index (χ2v) is 14.2. The van der Waals surface area contributed by atoms with Gasteiger partial charge >= 0.3 is 0 Å². The molecule has 0 radical (unpaired) electrons. The maximum atomic E-state index is 11.5. The molecule has 0 heterocycles. The summed E-state index contributed by atoms with van der Waals surface area (Å²) in [6.45, 7) is 8.79. The van der Waals surface area contributed by atoms with Gasteiger partial charge in [-0.05, 0) is 61.9 Å². The molecule has 0 aromatic heterocycles. The zero-order chi connectivity index (χ0) is 38.1. The average molecular weight is 798 g/mol. The molecule has 8 aromatic carbocycles. The van der Waals surface area contributed by atoms with E-state index in [2.05, 4.69) is 110 Å². The molecule has 1 atom stereocenters. The van der Waals surface area contributed by atoms with Crippen molar-refractivity contribution in [3.8, 4) is 16.9 Å². The number of phenols is 1. The predicted octanol–water partition coefficient (Wildman–Crippen LogP) is 14.4. The van der Waals surface area contributed by atoms with E-state index in [1.54, 1.807) is 0 Å². The molecule has 56 heavy (non-hydrogen) atoms. The van der Waals surface area contributed by atoms with Crippen molar-refractivity contribution in [1.29, 1.82) is 0 Å². The zero-order valence-corrected chi connectivity index (χ0v) is 35.1. The van der Waals surface area contributed by atoms with Gasteiger partial charge in [0.25, 0.3) is 0 Å². The Bertz CT molecular complexity index is 2190. The van der Waals surface area contributed by atoms with E-state index in [0.29, 0.717) is 17.4 Å². The van der Waals surface area contributed by atoms with Crippen LogP contribution in [0.5, 0.6) is 5.75 Å². The van der Waals surface area contributed by atoms with Crippen LogP contribution in [0.4, 0.5) is 5.69 Å². The molecular weight excluding hydrogens is 744 g/mol. The fourth-order valence-corrected chi connectivity index (χ4v) is 6.41. The second-order valence-electron chi connectivity index (χ2n) is 13.5. The Hall–Kier alpha value is -5.33. The van der Waals surface area contributed by atoms with Crippen molar-refractivity contribution < 1.29 is 21.6 Å². The molecule has 4 heteroatoms. The number of aromatic hydroxyl groups is 1. The van der Waals surface area contributed by atoms with Crippen LogP contribution >= 0.6 is 9.24 Å². The van der Waals surface area contributed by atoms with Gasteiger partial charge in [-0.3, -0.25) is 4.99 Å². The summed E-state index contributed by atoms with van der Waals surface area (Å²) in [4.78, 5) is 4.95. The molecule has 0 aliphatic rings. The number of aliphatic imine (C=N–C) groups is 1. The van der Waals surface area contributed by atoms with Crippen LogP contribution in [0.3, 0.4) is 0 Å². The van der Waals surface area contributed by atoms with Crippen LogP contribution in [0.2, 0.25) is 0 Å². The quantitative estimate of drug-likeness (QED) is 0.0608. The van der Waals surface area contributed by atoms with Gasteiger partial charge in [0, 0.05) is 39.4 Å². The second kappa shape index (κ2) is 23.6. The minimum Gasteiger partial charge on any atom is -0.507 e. The van der Waals surface area contributed by atoms with E-state index >= 15 is 0 Å². The third-order valence-electron chi connectivity index (χ3n) is 8.92. The first-order valence-corrected chi connectivity index (χ1v) is 19.1. The van der Waals surface area contributed by atoms with Crippen molar-refractivity contribution in [2.75, 3.05) is 0 Å². The van der Waals surface area contributed by atoms with Gasteiger partial charge in [0.2, 0.25) is 0 Å². The van der Waals surface area contributed by atoms with Crippen molar-refractivity contribution >= 4 is 48.0 Å². The van der Waals surface area contributed by atoms with E-state index in [1.807, 2.05) is 128 Å². The summed E-state index contributed by atoms with van der Waals surface area (Å²) in [6, 6.07) is 65.5. The Kier molecular flexibility index (Phi) is 19.0. The molecule has 0 aliphatic carbocycles. The Morgan fingerprint density at radius 3 is 1.30 bits per heavy atom. The minimum atomic E-state index is 0. The van der Waals surface area contributed by atoms with Crippen LogP contribution in [0.25, 0.3) is 32.7 Å². The molecule has 288 valence electrons. The molecular formula is C52H53NNiOP-. The summed E-state index contributed by atoms with van der Waals surface area (Å²) in [5.74, 6) is 0.983. The molecule has 2 nitrogen and oxygen atoms in total. The summed E-state index contributed by atoms with van der Waals surface area (Å²) < 4.78 is 0. The van der Waals surface area contributed by atoms with Gasteiger partial charge < -0.3 is 12.5 Å². The number of fused-ring (bicyclic) bond motifs is 2. The number of benzene rings is 8. The maximum absolute atomic E-state index is 11.5. The molecule has 1 N–H and O–H groups in total. The first-order chi connectivity index (χ1) is 26.3. The third-order valence-corrected chi connectivity index (χ3v) is 9.30. The van der Waals surface area contributed by atoms with Crippen LogP contribution < -0.4 is 5.30 Å². The van der Waals surface area contributed by atoms with E-state index in [4.69, 9.17) is 4.99 Å². The van der Waals surface area contributed by atoms with E-state index < -0.39 is 0 Å². The van der Waals surface area contributed by atoms with Crippen molar-refractivity contribution in [2.45, 2.75) is 39.5 Å². The van der Waals surface area contributed by atoms with Crippen LogP contribution in [0, 0.1) is 7.43 Å². The van der Waals surface area contributed by atoms with Crippen molar-refractivity contribution in [2.24, 2.45) is 4.99 Å². The van der Waals surface area contributed by atoms with Gasteiger partial charge in [0.05, 0.1) is 5.69 Å². The number of hydrogen-bond acceptors (Lipinski definition) is 2. The number of rotatable bonds is 5. The molecule has 0 aliphatic heterocycles. The molecule has 0 amide bonds. The largest absolute Gasteiger partial charge is 0.507 e. The summed E-state index contributed by atoms with van der Waals surface area (Å²) in [6.07, 6.45) is 1.82. The smallest absolute Gasteiger partial charge is 0.132 e. The SMILES string of the molecule is CC(C)c1cccc(C(C)C)c1N=Cc1cccc(-c2c3ccccc3cc3ccccc23)c1O.Pc1ccccc1.[CH3-].[Ni].c1ccccc1.c1ccccc1. The topological polar surface area (TPSA) is 32.6 Å². The number of phenolic OH excluding ortho intramolecular Hbond substituents is 1. The third kappa shape index (κ3) is 12.6. The van der Waals surface area contributed by atoms with Crippen molar-refractivity contribution in [3.63, 3.8) is 0 Å². The van der Waals surface area contributed by atoms with E-state index in [1.165, 1.54) is 16.4 Å². The average Bonchev–Trinajstić information content (AvgIpc) is 3.22. The van der Waals surface area contributed by atoms with Crippen molar-refractivity contribution in [1.82, 2.24) is 0 Å². The molecule has 0 spiro atoms. The van der Waals surface area contributed by atoms with Gasteiger partial charge in [0.1, 0.15) is 5.75 Å². The van der Waals surface area contributed by atoms with Crippen LogP contribution in [0.15, 0.2) is 199 Å². The number of nitrogens with zero attached hydrogens (tertiary/aromatic N) is 1. The fraction of sp³-hybridized carbons (Fsp3) is 0.115. The molecule has 0 fully saturated rings. The number of hydrogen-bond donors (Lipinski definition) is 1. The molecule has 0 bridgehead atoms. The van der Waals surface area contributed by atoms with Crippen LogP contribution in [-0.4, -0.2) is 11.3 Å². The Labute approximate surface area is 347 Å². The van der Waals surface area contributed by atoms with Gasteiger partial charge in [-0.15, -0.1) is 9.24 Å². The first-order valence-electron chi connectivity index (χ1n) is 18.6. The fourth-order valence-electron chi connectivity index (χ4n) is 6.19. The summed E-state index contributed by atoms with van der Waals surface area (Å²) >= 11 is 0. The number of para-hydroxylation sites is 2. The van der Waals surface area contributed by atoms with Crippen LogP contribution in [0.1, 0.15) is 56.2 Å². The van der Waals surface area contributed by atoms with Gasteiger partial charge in [0.15, 0.2) is 0 Å². The maximum Gasteiger partial charge on any atom is 0.132 e. The molecule has 0 saturated carbocycles. The Morgan fingerprint density at radius 2 is 0.893 bits per heavy atom. The van der Waals surface area contributed by atoms with Crippen molar-refractivity contribution in [3.05, 3.63) is 218 Å². The molecule has 1 unspecified atom stereocenters. The van der Waals surface area contributed by atoms with E-state index in [0.717, 1.165) is 38.4 Å². The molecule has 8 rings (SSSR count). The normalized spacial score (nSPS) is 10.3. The zero-order valence-electron chi connectivity index (χ0n) is 33.0. The first kappa shape index (κ1) is 45.1. The van der Waals surface area contributed by atoms with Gasteiger partial charge in [-0.2, -0.15) is 0 Å². The van der Waals surface area contributed by atoms with Gasteiger partial charge in [-0.1, -0.05) is 210 Å². The summed E-state index contributed by atoms with van der Waals surface area (Å²) in [7, 11) is 2.63. The van der Waals surface area contributed by atoms with Crippen LogP contribution in [-0.2, 0) is 16.5 Å². The Morgan fingerprint density at radius 1 is 0.500 bits per heavy atom.